The minimum absolute atomic E-state index is 0.0200. The Morgan fingerprint density at radius 1 is 1.60 bits per heavy atom. The summed E-state index contributed by atoms with van der Waals surface area (Å²) in [6.07, 6.45) is 0.739. The fraction of sp³-hybridized carbons (Fsp3) is 0.600. The highest BCUT2D eigenvalue weighted by atomic mass is 16.5. The molecule has 0 aromatic heterocycles. The summed E-state index contributed by atoms with van der Waals surface area (Å²) in [6, 6.07) is 0. The van der Waals surface area contributed by atoms with Crippen molar-refractivity contribution in [2.75, 3.05) is 13.2 Å². The number of esters is 1. The second kappa shape index (κ2) is 4.93. The Morgan fingerprint density at radius 3 is 2.87 bits per heavy atom. The van der Waals surface area contributed by atoms with Crippen LogP contribution in [0.4, 0.5) is 0 Å². The molecule has 5 nitrogen and oxygen atoms in total. The van der Waals surface area contributed by atoms with Gasteiger partial charge in [-0.3, -0.25) is 14.6 Å². The lowest BCUT2D eigenvalue weighted by Gasteiger charge is -2.24. The second-order valence-electron chi connectivity index (χ2n) is 3.49. The van der Waals surface area contributed by atoms with Gasteiger partial charge in [0.25, 0.3) is 5.91 Å². The molecule has 0 aromatic carbocycles. The second-order valence-corrected chi connectivity index (χ2v) is 3.49. The van der Waals surface area contributed by atoms with E-state index in [2.05, 4.69) is 0 Å². The maximum absolute atomic E-state index is 11.6. The quantitative estimate of drug-likeness (QED) is 0.416. The van der Waals surface area contributed by atoms with Gasteiger partial charge in [-0.05, 0) is 20.3 Å². The number of hydrogen-bond donors (Lipinski definition) is 1. The van der Waals surface area contributed by atoms with Crippen molar-refractivity contribution < 1.29 is 14.3 Å². The minimum Gasteiger partial charge on any atom is -0.466 e. The van der Waals surface area contributed by atoms with E-state index in [0.29, 0.717) is 18.7 Å². The number of nitrogens with two attached hydrogens (primary N) is 1. The lowest BCUT2D eigenvalue weighted by atomic mass is 9.99. The Bertz CT molecular complexity index is 310. The summed E-state index contributed by atoms with van der Waals surface area (Å²) in [4.78, 5) is 22.9. The highest BCUT2D eigenvalue weighted by Crippen LogP contribution is 2.19. The van der Waals surface area contributed by atoms with Crippen molar-refractivity contribution in [3.8, 4) is 0 Å². The van der Waals surface area contributed by atoms with Crippen molar-refractivity contribution >= 4 is 11.9 Å². The van der Waals surface area contributed by atoms with Gasteiger partial charge < -0.3 is 4.74 Å². The van der Waals surface area contributed by atoms with E-state index < -0.39 is 0 Å². The molecule has 0 atom stereocenters. The van der Waals surface area contributed by atoms with Gasteiger partial charge in [-0.2, -0.15) is 0 Å². The molecule has 0 aliphatic carbocycles. The lowest BCUT2D eigenvalue weighted by molar-refractivity contribution is -0.143. The van der Waals surface area contributed by atoms with Crippen LogP contribution in [0.15, 0.2) is 11.1 Å². The molecular formula is C10H16N2O3. The van der Waals surface area contributed by atoms with Crippen molar-refractivity contribution in [3.05, 3.63) is 11.1 Å². The van der Waals surface area contributed by atoms with Gasteiger partial charge in [0.2, 0.25) is 0 Å². The average molecular weight is 212 g/mol. The van der Waals surface area contributed by atoms with Crippen molar-refractivity contribution in [3.63, 3.8) is 0 Å². The lowest BCUT2D eigenvalue weighted by Crippen LogP contribution is -2.42. The Balaban J connectivity index is 2.73. The van der Waals surface area contributed by atoms with Gasteiger partial charge in [0.05, 0.1) is 13.0 Å². The number of hydrogen-bond acceptors (Lipinski definition) is 4. The fourth-order valence-electron chi connectivity index (χ4n) is 1.48. The van der Waals surface area contributed by atoms with Crippen LogP contribution in [0.5, 0.6) is 0 Å². The first-order valence-electron chi connectivity index (χ1n) is 4.97. The fourth-order valence-corrected chi connectivity index (χ4v) is 1.48. The van der Waals surface area contributed by atoms with Crippen molar-refractivity contribution in [1.29, 1.82) is 0 Å². The van der Waals surface area contributed by atoms with Gasteiger partial charge in [-0.25, -0.2) is 5.84 Å². The van der Waals surface area contributed by atoms with Crippen LogP contribution in [-0.2, 0) is 14.3 Å². The molecule has 1 aliphatic rings. The van der Waals surface area contributed by atoms with E-state index in [-0.39, 0.29) is 18.3 Å². The Hall–Kier alpha value is -1.36. The molecule has 0 unspecified atom stereocenters. The highest BCUT2D eigenvalue weighted by molar-refractivity contribution is 5.98. The zero-order chi connectivity index (χ0) is 11.4. The van der Waals surface area contributed by atoms with Crippen LogP contribution in [0, 0.1) is 0 Å². The van der Waals surface area contributed by atoms with E-state index in [0.717, 1.165) is 17.0 Å². The smallest absolute Gasteiger partial charge is 0.310 e. The van der Waals surface area contributed by atoms with Crippen molar-refractivity contribution in [1.82, 2.24) is 5.01 Å². The highest BCUT2D eigenvalue weighted by Gasteiger charge is 2.25. The Labute approximate surface area is 88.8 Å². The van der Waals surface area contributed by atoms with E-state index in [1.54, 1.807) is 6.92 Å². The molecule has 2 N–H and O–H groups in total. The molecule has 0 aromatic rings. The Morgan fingerprint density at radius 2 is 2.27 bits per heavy atom. The molecule has 84 valence electrons. The molecule has 0 bridgehead atoms. The van der Waals surface area contributed by atoms with E-state index >= 15 is 0 Å². The van der Waals surface area contributed by atoms with Gasteiger partial charge in [0.1, 0.15) is 0 Å². The van der Waals surface area contributed by atoms with Crippen LogP contribution in [0.1, 0.15) is 26.7 Å². The molecule has 0 radical (unpaired) electrons. The maximum Gasteiger partial charge on any atom is 0.310 e. The molecular weight excluding hydrogens is 196 g/mol. The Kier molecular flexibility index (Phi) is 3.85. The zero-order valence-electron chi connectivity index (χ0n) is 9.08. The monoisotopic (exact) mass is 212 g/mol. The first-order chi connectivity index (χ1) is 7.06. The normalized spacial score (nSPS) is 17.0. The zero-order valence-corrected chi connectivity index (χ0v) is 9.08. The molecule has 1 heterocycles. The van der Waals surface area contributed by atoms with Crippen LogP contribution in [0.25, 0.3) is 0 Å². The summed E-state index contributed by atoms with van der Waals surface area (Å²) in [6.45, 7) is 4.42. The van der Waals surface area contributed by atoms with E-state index in [1.165, 1.54) is 0 Å². The predicted octanol–water partition coefficient (Wildman–Crippen LogP) is 0.362. The van der Waals surface area contributed by atoms with Gasteiger partial charge in [-0.1, -0.05) is 5.57 Å². The number of amides is 1. The summed E-state index contributed by atoms with van der Waals surface area (Å²) in [5, 5.41) is 1.14. The third-order valence-electron chi connectivity index (χ3n) is 2.39. The first kappa shape index (κ1) is 11.7. The molecule has 15 heavy (non-hydrogen) atoms. The van der Waals surface area contributed by atoms with E-state index in [4.69, 9.17) is 10.6 Å². The summed E-state index contributed by atoms with van der Waals surface area (Å²) >= 11 is 0. The van der Waals surface area contributed by atoms with Crippen molar-refractivity contribution in [2.45, 2.75) is 26.7 Å². The molecule has 0 saturated carbocycles. The van der Waals surface area contributed by atoms with E-state index in [1.807, 2.05) is 6.92 Å². The van der Waals surface area contributed by atoms with Crippen LogP contribution in [0.3, 0.4) is 0 Å². The number of hydrazine groups is 1. The number of ether oxygens (including phenoxy) is 1. The molecule has 5 heteroatoms. The maximum atomic E-state index is 11.6. The predicted molar refractivity (Wildman–Crippen MR) is 54.5 cm³/mol. The first-order valence-corrected chi connectivity index (χ1v) is 4.97. The number of carbonyl (C=O) groups excluding carboxylic acids is 2. The topological polar surface area (TPSA) is 72.6 Å². The summed E-state index contributed by atoms with van der Waals surface area (Å²) in [5.74, 6) is 4.83. The summed E-state index contributed by atoms with van der Waals surface area (Å²) < 4.78 is 4.79. The molecule has 1 rings (SSSR count). The number of rotatable bonds is 3. The third kappa shape index (κ3) is 2.79. The van der Waals surface area contributed by atoms with Gasteiger partial charge in [-0.15, -0.1) is 0 Å². The SMILES string of the molecule is CCOC(=O)CC1=C(C)CCN(N)C1=O. The van der Waals surface area contributed by atoms with Gasteiger partial charge in [0.15, 0.2) is 0 Å². The molecule has 1 amide bonds. The van der Waals surface area contributed by atoms with Gasteiger partial charge >= 0.3 is 5.97 Å². The minimum atomic E-state index is -0.379. The van der Waals surface area contributed by atoms with Crippen molar-refractivity contribution in [2.24, 2.45) is 5.84 Å². The largest absolute Gasteiger partial charge is 0.466 e. The summed E-state index contributed by atoms with van der Waals surface area (Å²) in [7, 11) is 0. The standard InChI is InChI=1S/C10H16N2O3/c1-3-15-9(13)6-8-7(2)4-5-12(11)10(8)14/h3-6,11H2,1-2H3. The van der Waals surface area contributed by atoms with Crippen LogP contribution < -0.4 is 5.84 Å². The molecule has 0 fully saturated rings. The average Bonchev–Trinajstić information content (AvgIpc) is 2.19. The van der Waals surface area contributed by atoms with E-state index in [9.17, 15) is 9.59 Å². The number of carbonyl (C=O) groups is 2. The summed E-state index contributed by atoms with van der Waals surface area (Å²) in [5.41, 5.74) is 1.40. The van der Waals surface area contributed by atoms with Crippen LogP contribution >= 0.6 is 0 Å². The molecule has 0 spiro atoms. The third-order valence-corrected chi connectivity index (χ3v) is 2.39. The molecule has 0 saturated heterocycles. The molecule has 1 aliphatic heterocycles. The van der Waals surface area contributed by atoms with Crippen LogP contribution in [0.2, 0.25) is 0 Å². The number of nitrogens with zero attached hydrogens (tertiary/aromatic N) is 1. The van der Waals surface area contributed by atoms with Gasteiger partial charge in [0, 0.05) is 12.1 Å². The van der Waals surface area contributed by atoms with Crippen LogP contribution in [-0.4, -0.2) is 30.0 Å².